The van der Waals surface area contributed by atoms with Gasteiger partial charge in [0.15, 0.2) is 0 Å². The zero-order valence-electron chi connectivity index (χ0n) is 10.9. The monoisotopic (exact) mass is 244 g/mol. The second-order valence-corrected chi connectivity index (χ2v) is 4.85. The number of carbonyl (C=O) groups excluding carboxylic acids is 1. The molecule has 3 N–H and O–H groups in total. The summed E-state index contributed by atoms with van der Waals surface area (Å²) in [4.78, 5) is 12.1. The molecule has 1 fully saturated rings. The average molecular weight is 244 g/mol. The maximum atomic E-state index is 12.1. The molecule has 17 heavy (non-hydrogen) atoms. The molecule has 0 aliphatic carbocycles. The van der Waals surface area contributed by atoms with E-state index in [1.807, 2.05) is 20.8 Å². The molecule has 2 unspecified atom stereocenters. The number of ether oxygens (including phenoxy) is 1. The second kappa shape index (κ2) is 6.93. The van der Waals surface area contributed by atoms with Gasteiger partial charge in [0.05, 0.1) is 31.8 Å². The molecule has 3 atom stereocenters. The lowest BCUT2D eigenvalue weighted by atomic mass is 10.00. The Morgan fingerprint density at radius 2 is 2.18 bits per heavy atom. The van der Waals surface area contributed by atoms with Crippen LogP contribution in [0.2, 0.25) is 0 Å². The van der Waals surface area contributed by atoms with E-state index >= 15 is 0 Å². The number of hydrogen-bond donors (Lipinski definition) is 3. The van der Waals surface area contributed by atoms with Gasteiger partial charge in [0.1, 0.15) is 0 Å². The number of rotatable bonds is 6. The van der Waals surface area contributed by atoms with Crippen molar-refractivity contribution in [1.29, 1.82) is 0 Å². The largest absolute Gasteiger partial charge is 0.394 e. The first-order valence-electron chi connectivity index (χ1n) is 6.32. The normalized spacial score (nSPS) is 26.2. The minimum atomic E-state index is -0.176. The van der Waals surface area contributed by atoms with E-state index in [1.165, 1.54) is 0 Å². The average Bonchev–Trinajstić information content (AvgIpc) is 2.74. The molecule has 0 spiro atoms. The molecule has 1 saturated heterocycles. The summed E-state index contributed by atoms with van der Waals surface area (Å²) in [5.41, 5.74) is 0. The molecule has 1 rings (SSSR count). The van der Waals surface area contributed by atoms with Gasteiger partial charge in [-0.1, -0.05) is 20.8 Å². The molecule has 1 heterocycles. The second-order valence-electron chi connectivity index (χ2n) is 4.85. The Morgan fingerprint density at radius 1 is 1.47 bits per heavy atom. The third kappa shape index (κ3) is 3.94. The quantitative estimate of drug-likeness (QED) is 0.602. The summed E-state index contributed by atoms with van der Waals surface area (Å²) in [6.07, 6.45) is 0. The fourth-order valence-corrected chi connectivity index (χ4v) is 1.99. The van der Waals surface area contributed by atoms with Gasteiger partial charge in [-0.05, 0) is 12.5 Å². The van der Waals surface area contributed by atoms with Gasteiger partial charge >= 0.3 is 0 Å². The molecule has 0 aromatic rings. The van der Waals surface area contributed by atoms with Crippen LogP contribution in [-0.4, -0.2) is 49.5 Å². The fraction of sp³-hybridized carbons (Fsp3) is 0.917. The van der Waals surface area contributed by atoms with E-state index in [0.29, 0.717) is 13.2 Å². The molecule has 1 amide bonds. The minimum Gasteiger partial charge on any atom is -0.394 e. The Kier molecular flexibility index (Phi) is 5.88. The molecule has 5 heteroatoms. The van der Waals surface area contributed by atoms with Crippen molar-refractivity contribution >= 4 is 5.91 Å². The summed E-state index contributed by atoms with van der Waals surface area (Å²) >= 11 is 0. The number of aliphatic hydroxyl groups excluding tert-OH is 1. The highest BCUT2D eigenvalue weighted by atomic mass is 16.5. The standard InChI is InChI=1S/C12H24N2O3/c1-4-13-11-7-17-6-9(11)12(16)14-10(5-15)8(2)3/h8-11,13,15H,4-7H2,1-3H3,(H,14,16)/t9?,10-,11?/m1/s1. The smallest absolute Gasteiger partial charge is 0.227 e. The van der Waals surface area contributed by atoms with Crippen molar-refractivity contribution in [2.24, 2.45) is 11.8 Å². The Balaban J connectivity index is 2.51. The summed E-state index contributed by atoms with van der Waals surface area (Å²) in [5.74, 6) is 0.0489. The summed E-state index contributed by atoms with van der Waals surface area (Å²) in [6.45, 7) is 7.81. The summed E-state index contributed by atoms with van der Waals surface area (Å²) < 4.78 is 5.33. The number of aliphatic hydroxyl groups is 1. The third-order valence-corrected chi connectivity index (χ3v) is 3.21. The predicted octanol–water partition coefficient (Wildman–Crippen LogP) is -0.256. The van der Waals surface area contributed by atoms with Gasteiger partial charge in [0, 0.05) is 6.04 Å². The highest BCUT2D eigenvalue weighted by Crippen LogP contribution is 2.14. The van der Waals surface area contributed by atoms with Gasteiger partial charge in [0.2, 0.25) is 5.91 Å². The molecule has 0 saturated carbocycles. The van der Waals surface area contributed by atoms with Crippen molar-refractivity contribution in [3.05, 3.63) is 0 Å². The van der Waals surface area contributed by atoms with E-state index in [4.69, 9.17) is 4.74 Å². The summed E-state index contributed by atoms with van der Waals surface area (Å²) in [6, 6.07) is -0.0862. The predicted molar refractivity (Wildman–Crippen MR) is 65.6 cm³/mol. The number of nitrogens with one attached hydrogen (secondary N) is 2. The van der Waals surface area contributed by atoms with Crippen LogP contribution in [0.15, 0.2) is 0 Å². The van der Waals surface area contributed by atoms with Gasteiger partial charge in [-0.15, -0.1) is 0 Å². The molecule has 1 aliphatic rings. The highest BCUT2D eigenvalue weighted by Gasteiger charge is 2.34. The van der Waals surface area contributed by atoms with Crippen molar-refractivity contribution in [1.82, 2.24) is 10.6 Å². The maximum Gasteiger partial charge on any atom is 0.227 e. The molecule has 0 bridgehead atoms. The third-order valence-electron chi connectivity index (χ3n) is 3.21. The number of likely N-dealkylation sites (N-methyl/N-ethyl adjacent to an activating group) is 1. The van der Waals surface area contributed by atoms with Gasteiger partial charge in [0.25, 0.3) is 0 Å². The van der Waals surface area contributed by atoms with E-state index in [9.17, 15) is 9.90 Å². The Morgan fingerprint density at radius 3 is 2.71 bits per heavy atom. The van der Waals surface area contributed by atoms with Gasteiger partial charge in [-0.3, -0.25) is 4.79 Å². The van der Waals surface area contributed by atoms with Crippen molar-refractivity contribution < 1.29 is 14.6 Å². The van der Waals surface area contributed by atoms with Crippen LogP contribution in [0.3, 0.4) is 0 Å². The number of carbonyl (C=O) groups is 1. The van der Waals surface area contributed by atoms with Crippen LogP contribution < -0.4 is 10.6 Å². The first-order chi connectivity index (χ1) is 8.10. The van der Waals surface area contributed by atoms with E-state index in [2.05, 4.69) is 10.6 Å². The topological polar surface area (TPSA) is 70.6 Å². The molecule has 0 radical (unpaired) electrons. The van der Waals surface area contributed by atoms with E-state index in [1.54, 1.807) is 0 Å². The van der Waals surface area contributed by atoms with Gasteiger partial charge in [-0.2, -0.15) is 0 Å². The van der Waals surface area contributed by atoms with E-state index in [-0.39, 0.29) is 36.4 Å². The van der Waals surface area contributed by atoms with Crippen LogP contribution >= 0.6 is 0 Å². The Hall–Kier alpha value is -0.650. The van der Waals surface area contributed by atoms with Crippen molar-refractivity contribution in [3.8, 4) is 0 Å². The molecule has 0 aromatic heterocycles. The molecule has 1 aliphatic heterocycles. The van der Waals surface area contributed by atoms with Gasteiger partial charge < -0.3 is 20.5 Å². The van der Waals surface area contributed by atoms with Crippen LogP contribution in [0.1, 0.15) is 20.8 Å². The lowest BCUT2D eigenvalue weighted by Crippen LogP contribution is -2.49. The van der Waals surface area contributed by atoms with Gasteiger partial charge in [-0.25, -0.2) is 0 Å². The van der Waals surface area contributed by atoms with Crippen molar-refractivity contribution in [2.75, 3.05) is 26.4 Å². The zero-order chi connectivity index (χ0) is 12.8. The lowest BCUT2D eigenvalue weighted by molar-refractivity contribution is -0.126. The molecule has 0 aromatic carbocycles. The van der Waals surface area contributed by atoms with E-state index < -0.39 is 0 Å². The van der Waals surface area contributed by atoms with Crippen molar-refractivity contribution in [2.45, 2.75) is 32.9 Å². The lowest BCUT2D eigenvalue weighted by Gasteiger charge is -2.24. The first kappa shape index (κ1) is 14.4. The van der Waals surface area contributed by atoms with Crippen LogP contribution in [0, 0.1) is 11.8 Å². The van der Waals surface area contributed by atoms with Crippen LogP contribution in [0.4, 0.5) is 0 Å². The summed E-state index contributed by atoms with van der Waals surface area (Å²) in [5, 5.41) is 15.3. The Bertz CT molecular complexity index is 246. The van der Waals surface area contributed by atoms with Crippen LogP contribution in [0.5, 0.6) is 0 Å². The summed E-state index contributed by atoms with van der Waals surface area (Å²) in [7, 11) is 0. The van der Waals surface area contributed by atoms with E-state index in [0.717, 1.165) is 6.54 Å². The fourth-order valence-electron chi connectivity index (χ4n) is 1.99. The molecular weight excluding hydrogens is 220 g/mol. The molecule has 100 valence electrons. The number of hydrogen-bond acceptors (Lipinski definition) is 4. The molecule has 5 nitrogen and oxygen atoms in total. The van der Waals surface area contributed by atoms with Crippen LogP contribution in [0.25, 0.3) is 0 Å². The maximum absolute atomic E-state index is 12.1. The first-order valence-corrected chi connectivity index (χ1v) is 6.32. The Labute approximate surface area is 103 Å². The van der Waals surface area contributed by atoms with Crippen molar-refractivity contribution in [3.63, 3.8) is 0 Å². The highest BCUT2D eigenvalue weighted by molar-refractivity contribution is 5.80. The molecular formula is C12H24N2O3. The number of amides is 1. The SMILES string of the molecule is CCNC1COCC1C(=O)N[C@H](CO)C(C)C. The minimum absolute atomic E-state index is 0.0249. The van der Waals surface area contributed by atoms with Crippen LogP contribution in [-0.2, 0) is 9.53 Å². The zero-order valence-corrected chi connectivity index (χ0v) is 10.9.